The monoisotopic (exact) mass is 249 g/mol. The van der Waals surface area contributed by atoms with Gasteiger partial charge in [-0.2, -0.15) is 0 Å². The van der Waals surface area contributed by atoms with Crippen LogP contribution in [0, 0.1) is 0 Å². The molecule has 0 aromatic heterocycles. The lowest BCUT2D eigenvalue weighted by molar-refractivity contribution is 0.217. The first-order valence-electron chi connectivity index (χ1n) is 5.97. The van der Waals surface area contributed by atoms with Crippen molar-refractivity contribution in [3.05, 3.63) is 29.8 Å². The van der Waals surface area contributed by atoms with Gasteiger partial charge in [-0.25, -0.2) is 4.79 Å². The topological polar surface area (TPSA) is 64.9 Å². The van der Waals surface area contributed by atoms with Crippen LogP contribution in [0.1, 0.15) is 26.3 Å². The van der Waals surface area contributed by atoms with Crippen LogP contribution in [-0.2, 0) is 0 Å². The summed E-state index contributed by atoms with van der Waals surface area (Å²) in [6.07, 6.45) is 0. The molecule has 2 N–H and O–H groups in total. The van der Waals surface area contributed by atoms with Crippen LogP contribution in [0.15, 0.2) is 29.4 Å². The average molecular weight is 249 g/mol. The molecule has 98 valence electrons. The van der Waals surface area contributed by atoms with E-state index >= 15 is 0 Å². The minimum atomic E-state index is -0.111. The van der Waals surface area contributed by atoms with Crippen LogP contribution < -0.4 is 5.32 Å². The van der Waals surface area contributed by atoms with E-state index in [0.717, 1.165) is 11.3 Å². The fourth-order valence-electron chi connectivity index (χ4n) is 1.57. The molecular formula is C13H19N3O2. The Labute approximate surface area is 107 Å². The number of carbonyl (C=O) groups excluding carboxylic acids is 1. The Morgan fingerprint density at radius 3 is 2.28 bits per heavy atom. The van der Waals surface area contributed by atoms with E-state index in [1.807, 2.05) is 13.8 Å². The summed E-state index contributed by atoms with van der Waals surface area (Å²) in [5, 5.41) is 14.6. The van der Waals surface area contributed by atoms with Crippen LogP contribution in [-0.4, -0.2) is 34.9 Å². The Bertz CT molecular complexity index is 422. The summed E-state index contributed by atoms with van der Waals surface area (Å²) in [7, 11) is 0. The van der Waals surface area contributed by atoms with Crippen LogP contribution >= 0.6 is 0 Å². The zero-order chi connectivity index (χ0) is 13.5. The van der Waals surface area contributed by atoms with E-state index in [-0.39, 0.29) is 6.03 Å². The molecular weight excluding hydrogens is 230 g/mol. The highest BCUT2D eigenvalue weighted by molar-refractivity contribution is 5.99. The third-order valence-corrected chi connectivity index (χ3v) is 2.75. The molecule has 0 unspecified atom stereocenters. The van der Waals surface area contributed by atoms with Gasteiger partial charge in [-0.15, -0.1) is 0 Å². The molecule has 0 spiro atoms. The summed E-state index contributed by atoms with van der Waals surface area (Å²) in [6, 6.07) is 7.05. The number of oxime groups is 1. The molecule has 5 nitrogen and oxygen atoms in total. The van der Waals surface area contributed by atoms with E-state index in [2.05, 4.69) is 10.5 Å². The molecule has 2 amide bonds. The predicted molar refractivity (Wildman–Crippen MR) is 72.4 cm³/mol. The standard InChI is InChI=1S/C13H19N3O2/c1-4-16(5-2)13(17)14-12-8-6-11(7-9-12)10(3)15-18/h6-9,18H,4-5H2,1-3H3,(H,14,17). The lowest BCUT2D eigenvalue weighted by atomic mass is 10.1. The first-order chi connectivity index (χ1) is 8.62. The highest BCUT2D eigenvalue weighted by Gasteiger charge is 2.09. The maximum atomic E-state index is 11.8. The molecule has 1 aromatic rings. The van der Waals surface area contributed by atoms with Gasteiger partial charge in [0.15, 0.2) is 0 Å². The summed E-state index contributed by atoms with van der Waals surface area (Å²) in [5.41, 5.74) is 2.08. The molecule has 0 saturated heterocycles. The van der Waals surface area contributed by atoms with E-state index in [1.165, 1.54) is 0 Å². The Morgan fingerprint density at radius 1 is 1.28 bits per heavy atom. The van der Waals surface area contributed by atoms with Crippen LogP contribution in [0.3, 0.4) is 0 Å². The van der Waals surface area contributed by atoms with Crippen molar-refractivity contribution >= 4 is 17.4 Å². The third-order valence-electron chi connectivity index (χ3n) is 2.75. The quantitative estimate of drug-likeness (QED) is 0.489. The number of nitrogens with zero attached hydrogens (tertiary/aromatic N) is 2. The second-order valence-corrected chi connectivity index (χ2v) is 3.87. The first kappa shape index (κ1) is 14.0. The molecule has 0 aliphatic carbocycles. The van der Waals surface area contributed by atoms with Gasteiger partial charge in [0.25, 0.3) is 0 Å². The molecule has 0 heterocycles. The van der Waals surface area contributed by atoms with E-state index in [9.17, 15) is 4.79 Å². The van der Waals surface area contributed by atoms with Gasteiger partial charge < -0.3 is 15.4 Å². The van der Waals surface area contributed by atoms with Crippen molar-refractivity contribution in [2.75, 3.05) is 18.4 Å². The highest BCUT2D eigenvalue weighted by atomic mass is 16.4. The summed E-state index contributed by atoms with van der Waals surface area (Å²) < 4.78 is 0. The lowest BCUT2D eigenvalue weighted by Gasteiger charge is -2.19. The Kier molecular flexibility index (Phi) is 5.17. The van der Waals surface area contributed by atoms with Gasteiger partial charge in [0, 0.05) is 18.8 Å². The smallest absolute Gasteiger partial charge is 0.321 e. The average Bonchev–Trinajstić information content (AvgIpc) is 2.40. The van der Waals surface area contributed by atoms with Gasteiger partial charge in [-0.3, -0.25) is 0 Å². The minimum absolute atomic E-state index is 0.111. The first-order valence-corrected chi connectivity index (χ1v) is 5.97. The van der Waals surface area contributed by atoms with E-state index < -0.39 is 0 Å². The van der Waals surface area contributed by atoms with Gasteiger partial charge in [0.1, 0.15) is 0 Å². The molecule has 0 atom stereocenters. The highest BCUT2D eigenvalue weighted by Crippen LogP contribution is 2.11. The largest absolute Gasteiger partial charge is 0.411 e. The number of carbonyl (C=O) groups is 1. The third kappa shape index (κ3) is 3.48. The van der Waals surface area contributed by atoms with Crippen molar-refractivity contribution in [3.63, 3.8) is 0 Å². The summed E-state index contributed by atoms with van der Waals surface area (Å²) in [5.74, 6) is 0. The van der Waals surface area contributed by atoms with Gasteiger partial charge in [0.2, 0.25) is 0 Å². The Balaban J connectivity index is 2.72. The number of anilines is 1. The Hall–Kier alpha value is -2.04. The maximum Gasteiger partial charge on any atom is 0.321 e. The van der Waals surface area contributed by atoms with Gasteiger partial charge >= 0.3 is 6.03 Å². The zero-order valence-corrected chi connectivity index (χ0v) is 11.0. The molecule has 0 aliphatic rings. The molecule has 1 rings (SSSR count). The fourth-order valence-corrected chi connectivity index (χ4v) is 1.57. The maximum absolute atomic E-state index is 11.8. The molecule has 5 heteroatoms. The molecule has 18 heavy (non-hydrogen) atoms. The van der Waals surface area contributed by atoms with Crippen molar-refractivity contribution < 1.29 is 10.0 Å². The Morgan fingerprint density at radius 2 is 1.83 bits per heavy atom. The summed E-state index contributed by atoms with van der Waals surface area (Å²) in [4.78, 5) is 13.5. The number of nitrogens with one attached hydrogen (secondary N) is 1. The van der Waals surface area contributed by atoms with Crippen LogP contribution in [0.2, 0.25) is 0 Å². The predicted octanol–water partition coefficient (Wildman–Crippen LogP) is 2.76. The number of urea groups is 1. The van der Waals surface area contributed by atoms with Gasteiger partial charge in [-0.1, -0.05) is 17.3 Å². The molecule has 0 aliphatic heterocycles. The van der Waals surface area contributed by atoms with Gasteiger partial charge in [-0.05, 0) is 38.5 Å². The van der Waals surface area contributed by atoms with Crippen LogP contribution in [0.5, 0.6) is 0 Å². The van der Waals surface area contributed by atoms with Crippen LogP contribution in [0.25, 0.3) is 0 Å². The van der Waals surface area contributed by atoms with E-state index in [4.69, 9.17) is 5.21 Å². The lowest BCUT2D eigenvalue weighted by Crippen LogP contribution is -2.34. The van der Waals surface area contributed by atoms with Crippen molar-refractivity contribution in [1.29, 1.82) is 0 Å². The molecule has 0 radical (unpaired) electrons. The molecule has 0 fully saturated rings. The number of amides is 2. The van der Waals surface area contributed by atoms with Crippen molar-refractivity contribution in [2.24, 2.45) is 5.16 Å². The normalized spacial score (nSPS) is 11.2. The zero-order valence-electron chi connectivity index (χ0n) is 11.0. The fraction of sp³-hybridized carbons (Fsp3) is 0.385. The van der Waals surface area contributed by atoms with Crippen molar-refractivity contribution in [2.45, 2.75) is 20.8 Å². The number of rotatable bonds is 4. The minimum Gasteiger partial charge on any atom is -0.411 e. The molecule has 0 bridgehead atoms. The van der Waals surface area contributed by atoms with Crippen LogP contribution in [0.4, 0.5) is 10.5 Å². The summed E-state index contributed by atoms with van der Waals surface area (Å²) in [6.45, 7) is 6.94. The number of hydrogen-bond donors (Lipinski definition) is 2. The molecule has 1 aromatic carbocycles. The number of hydrogen-bond acceptors (Lipinski definition) is 3. The summed E-state index contributed by atoms with van der Waals surface area (Å²) >= 11 is 0. The number of benzene rings is 1. The molecule has 0 saturated carbocycles. The van der Waals surface area contributed by atoms with Gasteiger partial charge in [0.05, 0.1) is 5.71 Å². The van der Waals surface area contributed by atoms with E-state index in [1.54, 1.807) is 36.1 Å². The second-order valence-electron chi connectivity index (χ2n) is 3.87. The second kappa shape index (κ2) is 6.64. The van der Waals surface area contributed by atoms with Crippen molar-refractivity contribution in [1.82, 2.24) is 4.90 Å². The van der Waals surface area contributed by atoms with Crippen molar-refractivity contribution in [3.8, 4) is 0 Å². The van der Waals surface area contributed by atoms with E-state index in [0.29, 0.717) is 18.8 Å². The SMILES string of the molecule is CCN(CC)C(=O)Nc1ccc(C(C)=NO)cc1.